The van der Waals surface area contributed by atoms with Crippen LogP contribution in [0.15, 0.2) is 11.6 Å². The van der Waals surface area contributed by atoms with Gasteiger partial charge in [0, 0.05) is 30.5 Å². The summed E-state index contributed by atoms with van der Waals surface area (Å²) in [6.45, 7) is 3.68. The number of hydrogen-bond acceptors (Lipinski definition) is 3. The van der Waals surface area contributed by atoms with E-state index in [-0.39, 0.29) is 12.1 Å². The molecule has 2 bridgehead atoms. The fourth-order valence-corrected chi connectivity index (χ4v) is 2.82. The van der Waals surface area contributed by atoms with E-state index in [4.69, 9.17) is 4.74 Å². The van der Waals surface area contributed by atoms with Crippen LogP contribution in [0.1, 0.15) is 39.5 Å². The van der Waals surface area contributed by atoms with Crippen molar-refractivity contribution in [3.8, 4) is 0 Å². The van der Waals surface area contributed by atoms with Gasteiger partial charge in [0.15, 0.2) is 0 Å². The molecule has 0 aromatic heterocycles. The van der Waals surface area contributed by atoms with Crippen LogP contribution in [-0.2, 0) is 9.53 Å². The Morgan fingerprint density at radius 3 is 2.38 bits per heavy atom. The summed E-state index contributed by atoms with van der Waals surface area (Å²) in [5.74, 6) is -0.142. The average molecular weight is 223 g/mol. The highest BCUT2D eigenvalue weighted by atomic mass is 16.5. The average Bonchev–Trinajstić information content (AvgIpc) is 2.52. The van der Waals surface area contributed by atoms with E-state index in [1.807, 2.05) is 19.9 Å². The number of carbonyl (C=O) groups excluding carboxylic acids is 1. The lowest BCUT2D eigenvalue weighted by molar-refractivity contribution is -0.147. The zero-order valence-corrected chi connectivity index (χ0v) is 10.4. The number of esters is 1. The Morgan fingerprint density at radius 1 is 1.31 bits per heavy atom. The van der Waals surface area contributed by atoms with E-state index in [1.54, 1.807) is 0 Å². The monoisotopic (exact) mass is 223 g/mol. The minimum atomic E-state index is -0.142. The molecule has 2 saturated heterocycles. The number of rotatable bonds is 2. The Balaban J connectivity index is 1.92. The van der Waals surface area contributed by atoms with E-state index >= 15 is 0 Å². The largest absolute Gasteiger partial charge is 0.459 e. The van der Waals surface area contributed by atoms with Crippen LogP contribution in [0.2, 0.25) is 0 Å². The molecule has 0 amide bonds. The molecule has 2 fully saturated rings. The van der Waals surface area contributed by atoms with Crippen molar-refractivity contribution in [2.45, 2.75) is 57.7 Å². The van der Waals surface area contributed by atoms with Crippen molar-refractivity contribution in [1.29, 1.82) is 0 Å². The molecule has 2 heterocycles. The van der Waals surface area contributed by atoms with Gasteiger partial charge in [-0.15, -0.1) is 0 Å². The van der Waals surface area contributed by atoms with E-state index < -0.39 is 0 Å². The zero-order valence-electron chi connectivity index (χ0n) is 10.4. The van der Waals surface area contributed by atoms with Gasteiger partial charge in [0.25, 0.3) is 0 Å². The topological polar surface area (TPSA) is 29.5 Å². The lowest BCUT2D eigenvalue weighted by atomic mass is 10.0. The summed E-state index contributed by atoms with van der Waals surface area (Å²) in [7, 11) is 2.19. The maximum absolute atomic E-state index is 11.7. The van der Waals surface area contributed by atoms with E-state index in [2.05, 4.69) is 11.9 Å². The first kappa shape index (κ1) is 11.6. The van der Waals surface area contributed by atoms with E-state index in [0.29, 0.717) is 17.7 Å². The summed E-state index contributed by atoms with van der Waals surface area (Å²) in [4.78, 5) is 14.1. The third-order valence-corrected chi connectivity index (χ3v) is 4.08. The Kier molecular flexibility index (Phi) is 3.33. The number of fused-ring (bicyclic) bond motifs is 2. The second-order valence-corrected chi connectivity index (χ2v) is 5.02. The highest BCUT2D eigenvalue weighted by Gasteiger charge is 2.39. The van der Waals surface area contributed by atoms with Gasteiger partial charge in [-0.1, -0.05) is 6.08 Å². The minimum Gasteiger partial charge on any atom is -0.459 e. The van der Waals surface area contributed by atoms with Crippen LogP contribution in [0.4, 0.5) is 0 Å². The van der Waals surface area contributed by atoms with Gasteiger partial charge in [0.05, 0.1) is 0 Å². The Labute approximate surface area is 97.5 Å². The number of carbonyl (C=O) groups is 1. The lowest BCUT2D eigenvalue weighted by Crippen LogP contribution is -2.43. The first-order valence-electron chi connectivity index (χ1n) is 6.17. The molecule has 2 aliphatic rings. The number of nitrogens with zero attached hydrogens (tertiary/aromatic N) is 1. The first-order valence-corrected chi connectivity index (χ1v) is 6.17. The van der Waals surface area contributed by atoms with Crippen molar-refractivity contribution in [3.63, 3.8) is 0 Å². The summed E-state index contributed by atoms with van der Waals surface area (Å²) >= 11 is 0. The molecule has 0 radical (unpaired) electrons. The quantitative estimate of drug-likeness (QED) is 0.530. The van der Waals surface area contributed by atoms with Crippen molar-refractivity contribution < 1.29 is 9.53 Å². The molecule has 3 atom stereocenters. The van der Waals surface area contributed by atoms with Crippen molar-refractivity contribution in [1.82, 2.24) is 4.90 Å². The molecule has 0 aliphatic carbocycles. The normalized spacial score (nSPS) is 35.2. The molecule has 1 unspecified atom stereocenters. The van der Waals surface area contributed by atoms with Gasteiger partial charge in [-0.05, 0) is 33.7 Å². The number of allylic oxidation sites excluding steroid dienone is 1. The molecule has 0 aromatic carbocycles. The summed E-state index contributed by atoms with van der Waals surface area (Å²) < 4.78 is 5.54. The predicted molar refractivity (Wildman–Crippen MR) is 63.1 cm³/mol. The molecular formula is C13H21NO2. The maximum Gasteiger partial charge on any atom is 0.333 e. The molecule has 16 heavy (non-hydrogen) atoms. The second kappa shape index (κ2) is 4.58. The molecular weight excluding hydrogens is 202 g/mol. The van der Waals surface area contributed by atoms with Crippen LogP contribution in [0.25, 0.3) is 0 Å². The third kappa shape index (κ3) is 2.14. The highest BCUT2D eigenvalue weighted by Crippen LogP contribution is 2.35. The molecule has 3 nitrogen and oxygen atoms in total. The summed E-state index contributed by atoms with van der Waals surface area (Å²) in [6, 6.07) is 1.25. The number of piperidine rings is 1. The van der Waals surface area contributed by atoms with Gasteiger partial charge in [-0.25, -0.2) is 4.79 Å². The fraction of sp³-hybridized carbons (Fsp3) is 0.769. The summed E-state index contributed by atoms with van der Waals surface area (Å²) in [6.07, 6.45) is 6.49. The van der Waals surface area contributed by atoms with Gasteiger partial charge in [0.2, 0.25) is 0 Å². The summed E-state index contributed by atoms with van der Waals surface area (Å²) in [5, 5.41) is 0. The standard InChI is InChI=1S/C13H21NO2/c1-4-9(2)13(15)16-12-7-10-5-6-11(8-12)14(10)3/h4,10-12H,5-8H2,1-3H3/b9-4+/t10-,11+,12?. The second-order valence-electron chi connectivity index (χ2n) is 5.02. The van der Waals surface area contributed by atoms with Gasteiger partial charge < -0.3 is 9.64 Å². The van der Waals surface area contributed by atoms with Crippen LogP contribution in [0.5, 0.6) is 0 Å². The Bertz CT molecular complexity index is 297. The minimum absolute atomic E-state index is 0.135. The van der Waals surface area contributed by atoms with E-state index in [9.17, 15) is 4.79 Å². The number of hydrogen-bond donors (Lipinski definition) is 0. The van der Waals surface area contributed by atoms with Gasteiger partial charge in [-0.3, -0.25) is 0 Å². The van der Waals surface area contributed by atoms with Crippen LogP contribution in [0, 0.1) is 0 Å². The first-order chi connectivity index (χ1) is 7.61. The number of ether oxygens (including phenoxy) is 1. The summed E-state index contributed by atoms with van der Waals surface area (Å²) in [5.41, 5.74) is 0.714. The van der Waals surface area contributed by atoms with Crippen LogP contribution >= 0.6 is 0 Å². The van der Waals surface area contributed by atoms with Crippen LogP contribution in [0.3, 0.4) is 0 Å². The van der Waals surface area contributed by atoms with Crippen molar-refractivity contribution >= 4 is 5.97 Å². The molecule has 2 aliphatic heterocycles. The van der Waals surface area contributed by atoms with Crippen molar-refractivity contribution in [2.24, 2.45) is 0 Å². The van der Waals surface area contributed by atoms with Crippen molar-refractivity contribution in [3.05, 3.63) is 11.6 Å². The SMILES string of the molecule is C/C=C(\C)C(=O)OC1C[C@H]2CC[C@@H](C1)N2C. The Hall–Kier alpha value is -0.830. The molecule has 0 spiro atoms. The van der Waals surface area contributed by atoms with E-state index in [1.165, 1.54) is 12.8 Å². The van der Waals surface area contributed by atoms with Crippen molar-refractivity contribution in [2.75, 3.05) is 7.05 Å². The predicted octanol–water partition coefficient (Wildman–Crippen LogP) is 2.12. The molecule has 3 heteroatoms. The van der Waals surface area contributed by atoms with Gasteiger partial charge in [0.1, 0.15) is 6.10 Å². The lowest BCUT2D eigenvalue weighted by Gasteiger charge is -2.35. The fourth-order valence-electron chi connectivity index (χ4n) is 2.82. The van der Waals surface area contributed by atoms with Gasteiger partial charge >= 0.3 is 5.97 Å². The third-order valence-electron chi connectivity index (χ3n) is 4.08. The van der Waals surface area contributed by atoms with Gasteiger partial charge in [-0.2, -0.15) is 0 Å². The smallest absolute Gasteiger partial charge is 0.333 e. The highest BCUT2D eigenvalue weighted by molar-refractivity contribution is 5.87. The molecule has 2 rings (SSSR count). The Morgan fingerprint density at radius 2 is 1.88 bits per heavy atom. The van der Waals surface area contributed by atoms with E-state index in [0.717, 1.165) is 12.8 Å². The van der Waals surface area contributed by atoms with Crippen LogP contribution in [-0.4, -0.2) is 36.1 Å². The molecule has 0 N–H and O–H groups in total. The molecule has 0 saturated carbocycles. The maximum atomic E-state index is 11.7. The molecule has 90 valence electrons. The zero-order chi connectivity index (χ0) is 11.7. The molecule has 0 aromatic rings. The van der Waals surface area contributed by atoms with Crippen LogP contribution < -0.4 is 0 Å².